The number of methoxy groups -OCH3 is 1. The topological polar surface area (TPSA) is 81.5 Å². The van der Waals surface area contributed by atoms with Crippen LogP contribution in [-0.4, -0.2) is 23.5 Å². The van der Waals surface area contributed by atoms with Gasteiger partial charge < -0.3 is 10.1 Å². The number of ether oxygens (including phenoxy) is 1. The molecule has 18 heavy (non-hydrogen) atoms. The van der Waals surface area contributed by atoms with E-state index in [0.29, 0.717) is 12.1 Å². The molecule has 6 heteroatoms. The summed E-state index contributed by atoms with van der Waals surface area (Å²) in [4.78, 5) is 22.1. The van der Waals surface area contributed by atoms with Gasteiger partial charge in [0.05, 0.1) is 4.92 Å². The molecule has 0 aromatic heterocycles. The van der Waals surface area contributed by atoms with E-state index in [2.05, 4.69) is 5.32 Å². The Morgan fingerprint density at radius 1 is 1.56 bits per heavy atom. The molecule has 0 aliphatic rings. The van der Waals surface area contributed by atoms with Gasteiger partial charge in [-0.15, -0.1) is 0 Å². The second-order valence-corrected chi connectivity index (χ2v) is 4.05. The van der Waals surface area contributed by atoms with Crippen LogP contribution >= 0.6 is 0 Å². The molecule has 98 valence electrons. The van der Waals surface area contributed by atoms with Gasteiger partial charge in [-0.05, 0) is 19.4 Å². The minimum atomic E-state index is -0.940. The minimum absolute atomic E-state index is 0.0663. The van der Waals surface area contributed by atoms with Gasteiger partial charge in [0, 0.05) is 24.9 Å². The van der Waals surface area contributed by atoms with Crippen molar-refractivity contribution in [3.63, 3.8) is 0 Å². The molecule has 1 amide bonds. The number of anilines is 1. The fraction of sp³-hybridized carbons (Fsp3) is 0.417. The number of non-ortho nitro benzene ring substituents is 1. The summed E-state index contributed by atoms with van der Waals surface area (Å²) in [5.74, 6) is -0.326. The molecule has 0 aliphatic carbocycles. The summed E-state index contributed by atoms with van der Waals surface area (Å²) in [6, 6.07) is 5.79. The second kappa shape index (κ2) is 5.59. The van der Waals surface area contributed by atoms with Gasteiger partial charge in [-0.2, -0.15) is 0 Å². The lowest BCUT2D eigenvalue weighted by atomic mass is 10.0. The minimum Gasteiger partial charge on any atom is -0.369 e. The first-order chi connectivity index (χ1) is 8.42. The number of nitro benzene ring substituents is 1. The van der Waals surface area contributed by atoms with Gasteiger partial charge in [0.1, 0.15) is 5.60 Å². The number of hydrogen-bond acceptors (Lipinski definition) is 4. The first-order valence-corrected chi connectivity index (χ1v) is 5.54. The molecule has 1 rings (SSSR count). The molecule has 1 unspecified atom stereocenters. The van der Waals surface area contributed by atoms with E-state index < -0.39 is 10.5 Å². The van der Waals surface area contributed by atoms with Gasteiger partial charge in [0.15, 0.2) is 0 Å². The highest BCUT2D eigenvalue weighted by Gasteiger charge is 2.31. The van der Waals surface area contributed by atoms with Crippen molar-refractivity contribution in [2.75, 3.05) is 12.4 Å². The van der Waals surface area contributed by atoms with Crippen LogP contribution in [0.5, 0.6) is 0 Å². The monoisotopic (exact) mass is 252 g/mol. The van der Waals surface area contributed by atoms with Crippen LogP contribution in [0.15, 0.2) is 24.3 Å². The fourth-order valence-corrected chi connectivity index (χ4v) is 1.36. The van der Waals surface area contributed by atoms with Crippen molar-refractivity contribution in [3.8, 4) is 0 Å². The van der Waals surface area contributed by atoms with E-state index in [9.17, 15) is 14.9 Å². The summed E-state index contributed by atoms with van der Waals surface area (Å²) < 4.78 is 5.15. The number of carbonyl (C=O) groups excluding carboxylic acids is 1. The van der Waals surface area contributed by atoms with E-state index in [-0.39, 0.29) is 11.6 Å². The van der Waals surface area contributed by atoms with Crippen molar-refractivity contribution in [3.05, 3.63) is 34.4 Å². The summed E-state index contributed by atoms with van der Waals surface area (Å²) in [7, 11) is 1.45. The van der Waals surface area contributed by atoms with E-state index in [4.69, 9.17) is 4.74 Å². The maximum atomic E-state index is 12.0. The average molecular weight is 252 g/mol. The molecule has 1 aromatic rings. The van der Waals surface area contributed by atoms with Crippen molar-refractivity contribution in [2.45, 2.75) is 25.9 Å². The summed E-state index contributed by atoms with van der Waals surface area (Å²) >= 11 is 0. The van der Waals surface area contributed by atoms with Crippen LogP contribution < -0.4 is 5.32 Å². The van der Waals surface area contributed by atoms with Crippen LogP contribution in [0.4, 0.5) is 11.4 Å². The van der Waals surface area contributed by atoms with Crippen molar-refractivity contribution in [1.29, 1.82) is 0 Å². The number of nitro groups is 1. The summed E-state index contributed by atoms with van der Waals surface area (Å²) in [5, 5.41) is 13.2. The maximum Gasteiger partial charge on any atom is 0.271 e. The van der Waals surface area contributed by atoms with Crippen molar-refractivity contribution >= 4 is 17.3 Å². The smallest absolute Gasteiger partial charge is 0.271 e. The third-order valence-electron chi connectivity index (χ3n) is 2.92. The van der Waals surface area contributed by atoms with Crippen LogP contribution in [0.25, 0.3) is 0 Å². The Labute approximate surface area is 105 Å². The lowest BCUT2D eigenvalue weighted by Gasteiger charge is -2.25. The highest BCUT2D eigenvalue weighted by atomic mass is 16.6. The van der Waals surface area contributed by atoms with Crippen molar-refractivity contribution in [2.24, 2.45) is 0 Å². The molecular weight excluding hydrogens is 236 g/mol. The average Bonchev–Trinajstić information content (AvgIpc) is 2.38. The zero-order valence-corrected chi connectivity index (χ0v) is 10.6. The number of rotatable bonds is 5. The largest absolute Gasteiger partial charge is 0.369 e. The van der Waals surface area contributed by atoms with Gasteiger partial charge >= 0.3 is 0 Å². The van der Waals surface area contributed by atoms with E-state index in [1.807, 2.05) is 6.92 Å². The molecule has 1 atom stereocenters. The Balaban J connectivity index is 2.88. The zero-order valence-electron chi connectivity index (χ0n) is 10.6. The van der Waals surface area contributed by atoms with Crippen molar-refractivity contribution in [1.82, 2.24) is 0 Å². The van der Waals surface area contributed by atoms with Crippen LogP contribution in [-0.2, 0) is 9.53 Å². The fourth-order valence-electron chi connectivity index (χ4n) is 1.36. The number of carbonyl (C=O) groups is 1. The van der Waals surface area contributed by atoms with E-state index in [0.717, 1.165) is 0 Å². The summed E-state index contributed by atoms with van der Waals surface area (Å²) in [5.41, 5.74) is -0.626. The van der Waals surface area contributed by atoms with Crippen molar-refractivity contribution < 1.29 is 14.5 Å². The molecule has 0 saturated heterocycles. The van der Waals surface area contributed by atoms with Gasteiger partial charge in [-0.1, -0.05) is 13.0 Å². The van der Waals surface area contributed by atoms with Crippen LogP contribution in [0, 0.1) is 10.1 Å². The lowest BCUT2D eigenvalue weighted by Crippen LogP contribution is -2.41. The van der Waals surface area contributed by atoms with Crippen LogP contribution in [0.1, 0.15) is 20.3 Å². The van der Waals surface area contributed by atoms with Crippen LogP contribution in [0.3, 0.4) is 0 Å². The third kappa shape index (κ3) is 3.04. The molecule has 1 N–H and O–H groups in total. The highest BCUT2D eigenvalue weighted by Crippen LogP contribution is 2.20. The maximum absolute atomic E-state index is 12.0. The molecule has 0 bridgehead atoms. The Kier molecular flexibility index (Phi) is 4.38. The van der Waals surface area contributed by atoms with Gasteiger partial charge in [-0.3, -0.25) is 14.9 Å². The first kappa shape index (κ1) is 14.1. The first-order valence-electron chi connectivity index (χ1n) is 5.54. The Morgan fingerprint density at radius 3 is 2.72 bits per heavy atom. The molecule has 6 nitrogen and oxygen atoms in total. The van der Waals surface area contributed by atoms with E-state index in [1.165, 1.54) is 25.3 Å². The van der Waals surface area contributed by atoms with Gasteiger partial charge in [0.25, 0.3) is 11.6 Å². The molecule has 1 aromatic carbocycles. The number of nitrogens with one attached hydrogen (secondary N) is 1. The Bertz CT molecular complexity index is 455. The molecule has 0 spiro atoms. The predicted molar refractivity (Wildman–Crippen MR) is 67.4 cm³/mol. The Hall–Kier alpha value is -1.95. The highest BCUT2D eigenvalue weighted by molar-refractivity contribution is 5.97. The number of nitrogens with zero attached hydrogens (tertiary/aromatic N) is 1. The molecular formula is C12H16N2O4. The third-order valence-corrected chi connectivity index (χ3v) is 2.92. The van der Waals surface area contributed by atoms with Gasteiger partial charge in [-0.25, -0.2) is 0 Å². The van der Waals surface area contributed by atoms with Gasteiger partial charge in [0.2, 0.25) is 0 Å². The standard InChI is InChI=1S/C12H16N2O4/c1-4-12(2,18-3)11(15)13-9-6-5-7-10(8-9)14(16)17/h5-8H,4H2,1-3H3,(H,13,15). The molecule has 0 fully saturated rings. The lowest BCUT2D eigenvalue weighted by molar-refractivity contribution is -0.384. The second-order valence-electron chi connectivity index (χ2n) is 4.05. The molecule has 0 aliphatic heterocycles. The summed E-state index contributed by atoms with van der Waals surface area (Å²) in [6.45, 7) is 3.50. The van der Waals surface area contributed by atoms with E-state index >= 15 is 0 Å². The quantitative estimate of drug-likeness (QED) is 0.644. The number of amides is 1. The molecule has 0 radical (unpaired) electrons. The number of benzene rings is 1. The van der Waals surface area contributed by atoms with E-state index in [1.54, 1.807) is 13.0 Å². The molecule has 0 heterocycles. The predicted octanol–water partition coefficient (Wildman–Crippen LogP) is 2.35. The zero-order chi connectivity index (χ0) is 13.8. The Morgan fingerprint density at radius 2 is 2.22 bits per heavy atom. The van der Waals surface area contributed by atoms with Crippen LogP contribution in [0.2, 0.25) is 0 Å². The normalized spacial score (nSPS) is 13.7. The summed E-state index contributed by atoms with van der Waals surface area (Å²) in [6.07, 6.45) is 0.504. The molecule has 0 saturated carbocycles. The SMILES string of the molecule is CCC(C)(OC)C(=O)Nc1cccc([N+](=O)[O-])c1. The number of hydrogen-bond donors (Lipinski definition) is 1.